The van der Waals surface area contributed by atoms with E-state index >= 15 is 0 Å². The molecule has 0 atom stereocenters. The van der Waals surface area contributed by atoms with Crippen LogP contribution in [0.2, 0.25) is 10.0 Å². The van der Waals surface area contributed by atoms with Crippen LogP contribution in [0.1, 0.15) is 11.1 Å². The van der Waals surface area contributed by atoms with Crippen molar-refractivity contribution in [2.45, 2.75) is 0 Å². The van der Waals surface area contributed by atoms with Gasteiger partial charge in [0.05, 0.1) is 10.0 Å². The van der Waals surface area contributed by atoms with Crippen LogP contribution in [0.3, 0.4) is 0 Å². The average Bonchev–Trinajstić information content (AvgIpc) is 2.74. The summed E-state index contributed by atoms with van der Waals surface area (Å²) in [5.74, 6) is -0.0400. The number of phenolic OH excluding ortho intramolecular Hbond substituents is 2. The quantitative estimate of drug-likeness (QED) is 0.832. The van der Waals surface area contributed by atoms with Crippen LogP contribution in [-0.2, 0) is 9.84 Å². The lowest BCUT2D eigenvalue weighted by molar-refractivity contribution is 0.474. The highest BCUT2D eigenvalue weighted by atomic mass is 35.5. The molecule has 1 aliphatic heterocycles. The first-order chi connectivity index (χ1) is 10.8. The number of phenols is 2. The molecule has 0 saturated carbocycles. The summed E-state index contributed by atoms with van der Waals surface area (Å²) >= 11 is 12.2. The standard InChI is InChI=1S/C16H10Cl2O4S/c17-15-5-9(19)1-3-11(15)13-7-23(21,22)8-14(13)12-4-2-10(20)6-16(12)18/h1-8,19-20H. The molecule has 0 spiro atoms. The molecule has 1 aliphatic rings. The number of rotatable bonds is 2. The molecule has 3 rings (SSSR count). The lowest BCUT2D eigenvalue weighted by atomic mass is 9.95. The highest BCUT2D eigenvalue weighted by Crippen LogP contribution is 2.43. The van der Waals surface area contributed by atoms with Gasteiger partial charge in [0, 0.05) is 33.1 Å². The monoisotopic (exact) mass is 368 g/mol. The fourth-order valence-corrected chi connectivity index (χ4v) is 4.14. The van der Waals surface area contributed by atoms with Crippen molar-refractivity contribution in [3.8, 4) is 11.5 Å². The van der Waals surface area contributed by atoms with E-state index in [0.29, 0.717) is 22.3 Å². The highest BCUT2D eigenvalue weighted by Gasteiger charge is 2.25. The number of halogens is 2. The van der Waals surface area contributed by atoms with Gasteiger partial charge in [-0.2, -0.15) is 0 Å². The third kappa shape index (κ3) is 3.08. The van der Waals surface area contributed by atoms with E-state index in [0.717, 1.165) is 10.8 Å². The first-order valence-corrected chi connectivity index (χ1v) is 8.80. The topological polar surface area (TPSA) is 74.6 Å². The van der Waals surface area contributed by atoms with Crippen LogP contribution in [0.4, 0.5) is 0 Å². The summed E-state index contributed by atoms with van der Waals surface area (Å²) < 4.78 is 24.0. The van der Waals surface area contributed by atoms with Crippen molar-refractivity contribution in [3.05, 3.63) is 68.4 Å². The average molecular weight is 369 g/mol. The van der Waals surface area contributed by atoms with Gasteiger partial charge < -0.3 is 10.2 Å². The maximum absolute atomic E-state index is 12.0. The summed E-state index contributed by atoms with van der Waals surface area (Å²) in [5.41, 5.74) is 1.67. The highest BCUT2D eigenvalue weighted by molar-refractivity contribution is 7.97. The van der Waals surface area contributed by atoms with Gasteiger partial charge in [0.15, 0.2) is 9.84 Å². The predicted octanol–water partition coefficient (Wildman–Crippen LogP) is 4.22. The van der Waals surface area contributed by atoms with Gasteiger partial charge in [0.2, 0.25) is 0 Å². The van der Waals surface area contributed by atoms with Crippen LogP contribution >= 0.6 is 23.2 Å². The third-order valence-electron chi connectivity index (χ3n) is 3.34. The van der Waals surface area contributed by atoms with Gasteiger partial charge in [-0.1, -0.05) is 23.2 Å². The van der Waals surface area contributed by atoms with Gasteiger partial charge in [-0.3, -0.25) is 0 Å². The molecule has 1 heterocycles. The molecule has 4 nitrogen and oxygen atoms in total. The predicted molar refractivity (Wildman–Crippen MR) is 91.1 cm³/mol. The van der Waals surface area contributed by atoms with Crippen LogP contribution in [0.5, 0.6) is 11.5 Å². The molecule has 0 saturated heterocycles. The second-order valence-corrected chi connectivity index (χ2v) is 7.44. The van der Waals surface area contributed by atoms with Crippen LogP contribution in [0, 0.1) is 0 Å². The Bertz CT molecular complexity index is 902. The number of sulfone groups is 1. The summed E-state index contributed by atoms with van der Waals surface area (Å²) in [7, 11) is -3.56. The third-order valence-corrected chi connectivity index (χ3v) is 5.09. The Kier molecular flexibility index (Phi) is 3.88. The zero-order chi connectivity index (χ0) is 16.8. The minimum atomic E-state index is -3.56. The number of hydrogen-bond donors (Lipinski definition) is 2. The van der Waals surface area contributed by atoms with Crippen LogP contribution < -0.4 is 0 Å². The van der Waals surface area contributed by atoms with Gasteiger partial charge in [0.1, 0.15) is 11.5 Å². The fraction of sp³-hybridized carbons (Fsp3) is 0. The fourth-order valence-electron chi connectivity index (χ4n) is 2.35. The van der Waals surface area contributed by atoms with Crippen molar-refractivity contribution < 1.29 is 18.6 Å². The van der Waals surface area contributed by atoms with E-state index in [1.807, 2.05) is 0 Å². The number of allylic oxidation sites excluding steroid dienone is 2. The Morgan fingerprint density at radius 1 is 0.739 bits per heavy atom. The molecule has 0 unspecified atom stereocenters. The van der Waals surface area contributed by atoms with Crippen LogP contribution in [0.15, 0.2) is 47.2 Å². The van der Waals surface area contributed by atoms with Crippen molar-refractivity contribution in [3.63, 3.8) is 0 Å². The Balaban J connectivity index is 2.21. The zero-order valence-electron chi connectivity index (χ0n) is 11.5. The maximum Gasteiger partial charge on any atom is 0.194 e. The Hall–Kier alpha value is -1.95. The van der Waals surface area contributed by atoms with E-state index < -0.39 is 9.84 Å². The molecule has 2 aromatic carbocycles. The number of benzene rings is 2. The van der Waals surface area contributed by atoms with Crippen molar-refractivity contribution in [2.24, 2.45) is 0 Å². The van der Waals surface area contributed by atoms with E-state index in [9.17, 15) is 18.6 Å². The lowest BCUT2D eigenvalue weighted by Crippen LogP contribution is -1.90. The molecule has 23 heavy (non-hydrogen) atoms. The van der Waals surface area contributed by atoms with E-state index in [1.165, 1.54) is 36.4 Å². The van der Waals surface area contributed by atoms with E-state index in [2.05, 4.69) is 0 Å². The maximum atomic E-state index is 12.0. The molecule has 118 valence electrons. The van der Waals surface area contributed by atoms with Gasteiger partial charge in [0.25, 0.3) is 0 Å². The lowest BCUT2D eigenvalue weighted by Gasteiger charge is -2.12. The van der Waals surface area contributed by atoms with E-state index in [-0.39, 0.29) is 21.5 Å². The SMILES string of the molecule is O=S1(=O)C=C(c2ccc(O)cc2Cl)C(c2ccc(O)cc2Cl)=C1. The molecule has 0 amide bonds. The molecule has 0 aliphatic carbocycles. The van der Waals surface area contributed by atoms with Crippen LogP contribution in [0.25, 0.3) is 11.1 Å². The molecule has 7 heteroatoms. The second kappa shape index (κ2) is 5.60. The van der Waals surface area contributed by atoms with Gasteiger partial charge >= 0.3 is 0 Å². The molecule has 0 aromatic heterocycles. The van der Waals surface area contributed by atoms with Crippen molar-refractivity contribution in [1.82, 2.24) is 0 Å². The summed E-state index contributed by atoms with van der Waals surface area (Å²) in [6.45, 7) is 0. The first-order valence-electron chi connectivity index (χ1n) is 6.43. The second-order valence-electron chi connectivity index (χ2n) is 4.98. The number of hydrogen-bond acceptors (Lipinski definition) is 4. The minimum absolute atomic E-state index is 0.0200. The molecular formula is C16H10Cl2O4S. The normalized spacial score (nSPS) is 16.1. The Morgan fingerprint density at radius 2 is 1.13 bits per heavy atom. The first kappa shape index (κ1) is 15.9. The van der Waals surface area contributed by atoms with Crippen molar-refractivity contribution in [1.29, 1.82) is 0 Å². The van der Waals surface area contributed by atoms with Crippen molar-refractivity contribution in [2.75, 3.05) is 0 Å². The van der Waals surface area contributed by atoms with Gasteiger partial charge in [-0.25, -0.2) is 8.42 Å². The van der Waals surface area contributed by atoms with Crippen molar-refractivity contribution >= 4 is 44.2 Å². The summed E-state index contributed by atoms with van der Waals surface area (Å²) in [6.07, 6.45) is 0. The molecule has 2 aromatic rings. The zero-order valence-corrected chi connectivity index (χ0v) is 13.8. The Morgan fingerprint density at radius 3 is 1.48 bits per heavy atom. The molecule has 0 fully saturated rings. The summed E-state index contributed by atoms with van der Waals surface area (Å²) in [4.78, 5) is 0. The summed E-state index contributed by atoms with van der Waals surface area (Å²) in [5, 5.41) is 21.5. The largest absolute Gasteiger partial charge is 0.508 e. The van der Waals surface area contributed by atoms with E-state index in [4.69, 9.17) is 23.2 Å². The summed E-state index contributed by atoms with van der Waals surface area (Å²) in [6, 6.07) is 8.57. The smallest absolute Gasteiger partial charge is 0.194 e. The van der Waals surface area contributed by atoms with Gasteiger partial charge in [-0.05, 0) is 36.4 Å². The van der Waals surface area contributed by atoms with Gasteiger partial charge in [-0.15, -0.1) is 0 Å². The molecular weight excluding hydrogens is 359 g/mol. The van der Waals surface area contributed by atoms with Crippen LogP contribution in [-0.4, -0.2) is 18.6 Å². The molecule has 2 N–H and O–H groups in total. The Labute approximate surface area is 142 Å². The number of aromatic hydroxyl groups is 2. The van der Waals surface area contributed by atoms with E-state index in [1.54, 1.807) is 0 Å². The molecule has 0 bridgehead atoms. The minimum Gasteiger partial charge on any atom is -0.508 e. The molecule has 0 radical (unpaired) electrons.